The zero-order valence-corrected chi connectivity index (χ0v) is 12.4. The van der Waals surface area contributed by atoms with Crippen LogP contribution in [-0.2, 0) is 19.7 Å². The Kier molecular flexibility index (Phi) is 3.95. The molecule has 0 radical (unpaired) electrons. The quantitative estimate of drug-likeness (QED) is 0.846. The summed E-state index contributed by atoms with van der Waals surface area (Å²) in [4.78, 5) is 11.8. The molecule has 1 N–H and O–H groups in total. The van der Waals surface area contributed by atoms with Gasteiger partial charge in [-0.1, -0.05) is 11.6 Å². The van der Waals surface area contributed by atoms with Crippen molar-refractivity contribution in [3.8, 4) is 5.75 Å². The molecular formula is C14H17ClO5. The van der Waals surface area contributed by atoms with Crippen LogP contribution in [0.5, 0.6) is 5.75 Å². The molecule has 1 aliphatic carbocycles. The van der Waals surface area contributed by atoms with Gasteiger partial charge in [0.15, 0.2) is 5.79 Å². The summed E-state index contributed by atoms with van der Waals surface area (Å²) >= 11 is 5.99. The smallest absolute Gasteiger partial charge is 0.314 e. The van der Waals surface area contributed by atoms with E-state index in [0.717, 1.165) is 0 Å². The number of aliphatic carboxylic acids is 1. The Labute approximate surface area is 122 Å². The maximum absolute atomic E-state index is 11.8. The van der Waals surface area contributed by atoms with Crippen molar-refractivity contribution in [3.63, 3.8) is 0 Å². The van der Waals surface area contributed by atoms with E-state index in [-0.39, 0.29) is 12.8 Å². The monoisotopic (exact) mass is 300 g/mol. The molecule has 1 aliphatic rings. The largest absolute Gasteiger partial charge is 0.496 e. The van der Waals surface area contributed by atoms with Gasteiger partial charge in [0.2, 0.25) is 0 Å². The molecule has 1 aromatic carbocycles. The maximum atomic E-state index is 11.8. The van der Waals surface area contributed by atoms with Crippen molar-refractivity contribution in [3.05, 3.63) is 28.8 Å². The molecule has 2 rings (SSSR count). The third-order valence-electron chi connectivity index (χ3n) is 3.97. The van der Waals surface area contributed by atoms with Gasteiger partial charge in [0, 0.05) is 37.6 Å². The van der Waals surface area contributed by atoms with Crippen molar-refractivity contribution in [2.75, 3.05) is 21.3 Å². The molecule has 0 spiro atoms. The Hall–Kier alpha value is -1.30. The molecule has 1 aromatic rings. The fourth-order valence-corrected chi connectivity index (χ4v) is 2.92. The van der Waals surface area contributed by atoms with Crippen LogP contribution >= 0.6 is 11.6 Å². The van der Waals surface area contributed by atoms with E-state index < -0.39 is 17.2 Å². The average Bonchev–Trinajstić information content (AvgIpc) is 2.39. The summed E-state index contributed by atoms with van der Waals surface area (Å²) in [5, 5.41) is 10.1. The number of rotatable bonds is 5. The Morgan fingerprint density at radius 3 is 2.30 bits per heavy atom. The van der Waals surface area contributed by atoms with Crippen LogP contribution in [0.15, 0.2) is 18.2 Å². The highest BCUT2D eigenvalue weighted by atomic mass is 35.5. The second-order valence-corrected chi connectivity index (χ2v) is 5.34. The third-order valence-corrected chi connectivity index (χ3v) is 4.21. The topological polar surface area (TPSA) is 65.0 Å². The van der Waals surface area contributed by atoms with Crippen LogP contribution in [-0.4, -0.2) is 38.2 Å². The minimum Gasteiger partial charge on any atom is -0.496 e. The highest BCUT2D eigenvalue weighted by Crippen LogP contribution is 2.55. The molecule has 0 heterocycles. The summed E-state index contributed by atoms with van der Waals surface area (Å²) in [5.41, 5.74) is -0.563. The summed E-state index contributed by atoms with van der Waals surface area (Å²) in [6.07, 6.45) is 0.415. The summed E-state index contributed by atoms with van der Waals surface area (Å²) < 4.78 is 15.9. The van der Waals surface area contributed by atoms with Crippen molar-refractivity contribution in [2.24, 2.45) is 0 Å². The van der Waals surface area contributed by atoms with E-state index in [2.05, 4.69) is 0 Å². The fraction of sp³-hybridized carbons (Fsp3) is 0.500. The van der Waals surface area contributed by atoms with E-state index in [0.29, 0.717) is 16.3 Å². The van der Waals surface area contributed by atoms with Crippen LogP contribution in [0.4, 0.5) is 0 Å². The van der Waals surface area contributed by atoms with Crippen molar-refractivity contribution < 1.29 is 24.1 Å². The first-order chi connectivity index (χ1) is 9.43. The van der Waals surface area contributed by atoms with Crippen LogP contribution in [0.3, 0.4) is 0 Å². The van der Waals surface area contributed by atoms with Crippen LogP contribution in [0, 0.1) is 0 Å². The van der Waals surface area contributed by atoms with Gasteiger partial charge >= 0.3 is 5.97 Å². The van der Waals surface area contributed by atoms with Gasteiger partial charge in [-0.25, -0.2) is 0 Å². The van der Waals surface area contributed by atoms with Crippen LogP contribution < -0.4 is 4.74 Å². The molecule has 0 bridgehead atoms. The van der Waals surface area contributed by atoms with Crippen LogP contribution in [0.2, 0.25) is 5.02 Å². The number of hydrogen-bond donors (Lipinski definition) is 1. The number of hydrogen-bond acceptors (Lipinski definition) is 4. The highest BCUT2D eigenvalue weighted by Gasteiger charge is 2.62. The molecular weight excluding hydrogens is 284 g/mol. The minimum absolute atomic E-state index is 0.207. The lowest BCUT2D eigenvalue weighted by Gasteiger charge is -2.51. The molecule has 6 heteroatoms. The second kappa shape index (κ2) is 5.24. The molecule has 1 saturated carbocycles. The molecule has 5 nitrogen and oxygen atoms in total. The summed E-state index contributed by atoms with van der Waals surface area (Å²) in [6.45, 7) is 0. The third kappa shape index (κ3) is 2.16. The van der Waals surface area contributed by atoms with Gasteiger partial charge in [0.25, 0.3) is 0 Å². The number of carboxylic acid groups (broad SMARTS) is 1. The number of carboxylic acids is 1. The fourth-order valence-electron chi connectivity index (χ4n) is 2.75. The number of benzene rings is 1. The first-order valence-corrected chi connectivity index (χ1v) is 6.48. The van der Waals surface area contributed by atoms with Gasteiger partial charge in [-0.05, 0) is 18.2 Å². The number of methoxy groups -OCH3 is 3. The zero-order chi connectivity index (χ0) is 15.0. The Bertz CT molecular complexity index is 516. The molecule has 110 valence electrons. The van der Waals surface area contributed by atoms with E-state index in [1.54, 1.807) is 18.2 Å². The first-order valence-electron chi connectivity index (χ1n) is 6.11. The molecule has 0 atom stereocenters. The standard InChI is InChI=1S/C14H17ClO5/c1-18-11-5-4-9(15)6-10(11)13(12(16)17)7-14(8-13,19-2)20-3/h4-6H,7-8H2,1-3H3,(H,16,17). The summed E-state index contributed by atoms with van der Waals surface area (Å²) in [5.74, 6) is -1.31. The summed E-state index contributed by atoms with van der Waals surface area (Å²) in [6, 6.07) is 4.96. The second-order valence-electron chi connectivity index (χ2n) is 4.90. The van der Waals surface area contributed by atoms with E-state index in [1.165, 1.54) is 21.3 Å². The van der Waals surface area contributed by atoms with Gasteiger partial charge < -0.3 is 19.3 Å². The molecule has 0 unspecified atom stereocenters. The molecule has 0 saturated heterocycles. The molecule has 20 heavy (non-hydrogen) atoms. The maximum Gasteiger partial charge on any atom is 0.314 e. The van der Waals surface area contributed by atoms with Crippen molar-refractivity contribution in [1.82, 2.24) is 0 Å². The predicted molar refractivity (Wildman–Crippen MR) is 73.3 cm³/mol. The lowest BCUT2D eigenvalue weighted by Crippen LogP contribution is -2.60. The van der Waals surface area contributed by atoms with Gasteiger partial charge in [-0.2, -0.15) is 0 Å². The lowest BCUT2D eigenvalue weighted by molar-refractivity contribution is -0.277. The van der Waals surface area contributed by atoms with Crippen LogP contribution in [0.1, 0.15) is 18.4 Å². The highest BCUT2D eigenvalue weighted by molar-refractivity contribution is 6.30. The van der Waals surface area contributed by atoms with E-state index in [4.69, 9.17) is 25.8 Å². The minimum atomic E-state index is -1.11. The Morgan fingerprint density at radius 1 is 1.25 bits per heavy atom. The van der Waals surface area contributed by atoms with Gasteiger partial charge in [-0.3, -0.25) is 4.79 Å². The Balaban J connectivity index is 2.47. The SMILES string of the molecule is COc1ccc(Cl)cc1C1(C(=O)O)CC(OC)(OC)C1. The van der Waals surface area contributed by atoms with Crippen molar-refractivity contribution in [1.29, 1.82) is 0 Å². The predicted octanol–water partition coefficient (Wildman–Crippen LogP) is 2.45. The number of carbonyl (C=O) groups is 1. The molecule has 1 fully saturated rings. The van der Waals surface area contributed by atoms with Gasteiger partial charge in [0.1, 0.15) is 11.2 Å². The zero-order valence-electron chi connectivity index (χ0n) is 11.6. The van der Waals surface area contributed by atoms with E-state index >= 15 is 0 Å². The van der Waals surface area contributed by atoms with Crippen molar-refractivity contribution >= 4 is 17.6 Å². The number of halogens is 1. The molecule has 0 aliphatic heterocycles. The van der Waals surface area contributed by atoms with Crippen molar-refractivity contribution in [2.45, 2.75) is 24.0 Å². The first kappa shape index (κ1) is 15.1. The summed E-state index contributed by atoms with van der Waals surface area (Å²) in [7, 11) is 4.51. The Morgan fingerprint density at radius 2 is 1.85 bits per heavy atom. The normalized spacial score (nSPS) is 19.2. The van der Waals surface area contributed by atoms with Gasteiger partial charge in [-0.15, -0.1) is 0 Å². The van der Waals surface area contributed by atoms with Gasteiger partial charge in [0.05, 0.1) is 7.11 Å². The van der Waals surface area contributed by atoms with E-state index in [1.807, 2.05) is 0 Å². The lowest BCUT2D eigenvalue weighted by atomic mass is 9.60. The molecule has 0 aromatic heterocycles. The number of ether oxygens (including phenoxy) is 3. The van der Waals surface area contributed by atoms with Crippen LogP contribution in [0.25, 0.3) is 0 Å². The average molecular weight is 301 g/mol. The van der Waals surface area contributed by atoms with E-state index in [9.17, 15) is 9.90 Å². The molecule has 0 amide bonds.